The summed E-state index contributed by atoms with van der Waals surface area (Å²) in [5.41, 5.74) is 0.660. The van der Waals surface area contributed by atoms with E-state index in [-0.39, 0.29) is 42.5 Å². The minimum atomic E-state index is -3.93. The molecule has 2 heterocycles. The van der Waals surface area contributed by atoms with Crippen LogP contribution in [0.3, 0.4) is 0 Å². The topological polar surface area (TPSA) is 133 Å². The monoisotopic (exact) mass is 521 g/mol. The van der Waals surface area contributed by atoms with Gasteiger partial charge in [0.1, 0.15) is 16.4 Å². The summed E-state index contributed by atoms with van der Waals surface area (Å²) in [6.45, 7) is 0.370. The first-order valence-corrected chi connectivity index (χ1v) is 12.7. The van der Waals surface area contributed by atoms with Crippen molar-refractivity contribution < 1.29 is 37.0 Å². The first-order chi connectivity index (χ1) is 16.8. The molecule has 1 aliphatic heterocycles. The van der Waals surface area contributed by atoms with Crippen LogP contribution in [0.1, 0.15) is 10.4 Å². The lowest BCUT2D eigenvalue weighted by Crippen LogP contribution is -2.40. The molecular weight excluding hydrogens is 498 g/mol. The minimum Gasteiger partial charge on any atom is -0.497 e. The number of amides is 1. The van der Waals surface area contributed by atoms with Crippen LogP contribution < -0.4 is 14.8 Å². The maximum Gasteiger partial charge on any atom is 0.338 e. The normalized spacial score (nSPS) is 14.5. The molecule has 35 heavy (non-hydrogen) atoms. The second-order valence-corrected chi connectivity index (χ2v) is 10.3. The van der Waals surface area contributed by atoms with Gasteiger partial charge in [-0.15, -0.1) is 0 Å². The molecule has 1 amide bonds. The van der Waals surface area contributed by atoms with Gasteiger partial charge < -0.3 is 18.9 Å². The molecule has 1 aliphatic rings. The minimum absolute atomic E-state index is 0.0301. The van der Waals surface area contributed by atoms with Gasteiger partial charge in [0, 0.05) is 13.1 Å². The molecule has 0 atom stereocenters. The Labute approximate surface area is 205 Å². The van der Waals surface area contributed by atoms with Crippen molar-refractivity contribution >= 4 is 48.6 Å². The molecule has 2 aromatic carbocycles. The number of hydrogen-bond donors (Lipinski definition) is 1. The fraction of sp³-hybridized carbons (Fsp3) is 0.318. The highest BCUT2D eigenvalue weighted by atomic mass is 32.2. The zero-order valence-corrected chi connectivity index (χ0v) is 20.6. The lowest BCUT2D eigenvalue weighted by atomic mass is 10.2. The van der Waals surface area contributed by atoms with E-state index in [0.717, 1.165) is 4.70 Å². The molecule has 0 radical (unpaired) electrons. The summed E-state index contributed by atoms with van der Waals surface area (Å²) in [6, 6.07) is 9.27. The van der Waals surface area contributed by atoms with Crippen molar-refractivity contribution in [1.29, 1.82) is 0 Å². The molecule has 4 rings (SSSR count). The predicted octanol–water partition coefficient (Wildman–Crippen LogP) is 2.13. The van der Waals surface area contributed by atoms with Crippen molar-refractivity contribution in [3.05, 3.63) is 42.0 Å². The Morgan fingerprint density at radius 3 is 2.60 bits per heavy atom. The SMILES string of the molecule is COc1ccc2nc(NC(=O)COC(=O)c3ccc(OC)c(S(=O)(=O)N4CCOCC4)c3)sc2c1. The lowest BCUT2D eigenvalue weighted by Gasteiger charge is -2.26. The van der Waals surface area contributed by atoms with Gasteiger partial charge in [0.15, 0.2) is 11.7 Å². The number of benzene rings is 2. The number of carbonyl (C=O) groups is 2. The smallest absolute Gasteiger partial charge is 0.338 e. The van der Waals surface area contributed by atoms with Gasteiger partial charge in [-0.3, -0.25) is 10.1 Å². The van der Waals surface area contributed by atoms with Gasteiger partial charge in [0.2, 0.25) is 10.0 Å². The van der Waals surface area contributed by atoms with Crippen molar-refractivity contribution in [2.24, 2.45) is 0 Å². The number of carbonyl (C=O) groups excluding carboxylic acids is 2. The van der Waals surface area contributed by atoms with E-state index in [4.69, 9.17) is 18.9 Å². The Bertz CT molecular complexity index is 1350. The summed E-state index contributed by atoms with van der Waals surface area (Å²) < 4.78 is 48.9. The second-order valence-electron chi connectivity index (χ2n) is 7.36. The Hall–Kier alpha value is -3.26. The summed E-state index contributed by atoms with van der Waals surface area (Å²) in [6.07, 6.45) is 0. The van der Waals surface area contributed by atoms with Gasteiger partial charge in [-0.2, -0.15) is 4.31 Å². The fourth-order valence-corrected chi connectivity index (χ4v) is 5.89. The van der Waals surface area contributed by atoms with E-state index in [1.807, 2.05) is 0 Å². The van der Waals surface area contributed by atoms with Crippen molar-refractivity contribution in [1.82, 2.24) is 9.29 Å². The summed E-state index contributed by atoms with van der Waals surface area (Å²) in [7, 11) is -1.03. The molecular formula is C22H23N3O8S2. The van der Waals surface area contributed by atoms with Crippen LogP contribution in [0.2, 0.25) is 0 Å². The third-order valence-corrected chi connectivity index (χ3v) is 8.02. The quantitative estimate of drug-likeness (QED) is 0.443. The van der Waals surface area contributed by atoms with Crippen LogP contribution in [0.5, 0.6) is 11.5 Å². The van der Waals surface area contributed by atoms with Crippen molar-refractivity contribution in [3.8, 4) is 11.5 Å². The maximum absolute atomic E-state index is 13.1. The number of aromatic nitrogens is 1. The van der Waals surface area contributed by atoms with Gasteiger partial charge in [0.05, 0.1) is 43.2 Å². The van der Waals surface area contributed by atoms with E-state index in [2.05, 4.69) is 10.3 Å². The molecule has 186 valence electrons. The Balaban J connectivity index is 1.43. The van der Waals surface area contributed by atoms with Crippen LogP contribution in [0.25, 0.3) is 10.2 Å². The lowest BCUT2D eigenvalue weighted by molar-refractivity contribution is -0.119. The fourth-order valence-electron chi connectivity index (χ4n) is 3.39. The summed E-state index contributed by atoms with van der Waals surface area (Å²) in [5, 5.41) is 2.93. The molecule has 11 nitrogen and oxygen atoms in total. The second kappa shape index (κ2) is 10.6. The van der Waals surface area contributed by atoms with E-state index in [0.29, 0.717) is 16.4 Å². The Kier molecular flexibility index (Phi) is 7.50. The molecule has 1 fully saturated rings. The first-order valence-electron chi connectivity index (χ1n) is 10.5. The molecule has 0 aliphatic carbocycles. The van der Waals surface area contributed by atoms with Crippen LogP contribution in [0, 0.1) is 0 Å². The first kappa shape index (κ1) is 24.9. The van der Waals surface area contributed by atoms with Gasteiger partial charge in [-0.25, -0.2) is 18.2 Å². The van der Waals surface area contributed by atoms with Gasteiger partial charge in [-0.05, 0) is 36.4 Å². The van der Waals surface area contributed by atoms with Crippen LogP contribution >= 0.6 is 11.3 Å². The molecule has 1 saturated heterocycles. The summed E-state index contributed by atoms with van der Waals surface area (Å²) >= 11 is 1.25. The number of rotatable bonds is 8. The summed E-state index contributed by atoms with van der Waals surface area (Å²) in [4.78, 5) is 29.0. The van der Waals surface area contributed by atoms with E-state index in [1.54, 1.807) is 25.3 Å². The third kappa shape index (κ3) is 5.53. The highest BCUT2D eigenvalue weighted by molar-refractivity contribution is 7.89. The molecule has 13 heteroatoms. The van der Waals surface area contributed by atoms with Gasteiger partial charge >= 0.3 is 5.97 Å². The number of hydrogen-bond acceptors (Lipinski definition) is 10. The highest BCUT2D eigenvalue weighted by Crippen LogP contribution is 2.30. The molecule has 0 spiro atoms. The Morgan fingerprint density at radius 1 is 1.11 bits per heavy atom. The van der Waals surface area contributed by atoms with E-state index >= 15 is 0 Å². The van der Waals surface area contributed by atoms with Crippen LogP contribution in [0.15, 0.2) is 41.3 Å². The number of thiazole rings is 1. The number of esters is 1. The number of sulfonamides is 1. The van der Waals surface area contributed by atoms with Crippen molar-refractivity contribution in [3.63, 3.8) is 0 Å². The third-order valence-electron chi connectivity index (χ3n) is 5.16. The number of morpholine rings is 1. The predicted molar refractivity (Wildman–Crippen MR) is 128 cm³/mol. The summed E-state index contributed by atoms with van der Waals surface area (Å²) in [5.74, 6) is -0.671. The van der Waals surface area contributed by atoms with Crippen LogP contribution in [0.4, 0.5) is 5.13 Å². The van der Waals surface area contributed by atoms with E-state index in [1.165, 1.54) is 41.0 Å². The molecule has 0 bridgehead atoms. The number of anilines is 1. The molecule has 3 aromatic rings. The number of nitrogens with zero attached hydrogens (tertiary/aromatic N) is 2. The molecule has 0 saturated carbocycles. The molecule has 1 N–H and O–H groups in total. The van der Waals surface area contributed by atoms with Crippen LogP contribution in [-0.2, 0) is 24.3 Å². The zero-order chi connectivity index (χ0) is 25.0. The van der Waals surface area contributed by atoms with Gasteiger partial charge in [-0.1, -0.05) is 11.3 Å². The number of ether oxygens (including phenoxy) is 4. The van der Waals surface area contributed by atoms with Crippen LogP contribution in [-0.4, -0.2) is 76.7 Å². The highest BCUT2D eigenvalue weighted by Gasteiger charge is 2.30. The van der Waals surface area contributed by atoms with E-state index < -0.39 is 28.5 Å². The average Bonchev–Trinajstić information content (AvgIpc) is 3.28. The van der Waals surface area contributed by atoms with Gasteiger partial charge in [0.25, 0.3) is 5.91 Å². The molecule has 0 unspecified atom stereocenters. The number of fused-ring (bicyclic) bond motifs is 1. The van der Waals surface area contributed by atoms with Crippen molar-refractivity contribution in [2.45, 2.75) is 4.90 Å². The number of methoxy groups -OCH3 is 2. The molecule has 1 aromatic heterocycles. The zero-order valence-electron chi connectivity index (χ0n) is 19.0. The Morgan fingerprint density at radius 2 is 1.89 bits per heavy atom. The van der Waals surface area contributed by atoms with Crippen molar-refractivity contribution in [2.75, 3.05) is 52.4 Å². The number of nitrogens with one attached hydrogen (secondary N) is 1. The largest absolute Gasteiger partial charge is 0.497 e. The van der Waals surface area contributed by atoms with E-state index in [9.17, 15) is 18.0 Å². The maximum atomic E-state index is 13.1. The average molecular weight is 522 g/mol. The standard InChI is InChI=1S/C22H23N3O8S2/c1-30-15-4-5-16-18(12-15)34-22(23-16)24-20(26)13-33-21(27)14-3-6-17(31-2)19(11-14)35(28,29)25-7-9-32-10-8-25/h3-6,11-12H,7-10,13H2,1-2H3,(H,23,24,26).